The lowest BCUT2D eigenvalue weighted by molar-refractivity contribution is 0.477. The van der Waals surface area contributed by atoms with E-state index in [1.807, 2.05) is 124 Å². The van der Waals surface area contributed by atoms with Crippen LogP contribution in [0.4, 0.5) is 39.8 Å². The van der Waals surface area contributed by atoms with E-state index < -0.39 is 0 Å². The first kappa shape index (κ1) is 26.4. The summed E-state index contributed by atoms with van der Waals surface area (Å²) in [5.41, 5.74) is 7.05. The summed E-state index contributed by atoms with van der Waals surface area (Å²) in [6.45, 7) is 3.90. The Kier molecular flexibility index (Phi) is 7.68. The van der Waals surface area contributed by atoms with Crippen molar-refractivity contribution in [3.63, 3.8) is 0 Å². The molecule has 5 aromatic carbocycles. The maximum Gasteiger partial charge on any atom is 0.143 e. The molecule has 8 heteroatoms. The number of anilines is 1. The zero-order valence-corrected chi connectivity index (χ0v) is 22.8. The second kappa shape index (κ2) is 11.7. The summed E-state index contributed by atoms with van der Waals surface area (Å²) in [5, 5.41) is 38.5. The topological polar surface area (TPSA) is 97.6 Å². The minimum atomic E-state index is 0.0911. The second-order valence-electron chi connectivity index (χ2n) is 9.61. The molecule has 40 heavy (non-hydrogen) atoms. The Hall–Kier alpha value is -5.24. The summed E-state index contributed by atoms with van der Waals surface area (Å²) >= 11 is 0. The third-order valence-electron chi connectivity index (χ3n) is 6.42. The fourth-order valence-electron chi connectivity index (χ4n) is 4.08. The fourth-order valence-corrected chi connectivity index (χ4v) is 4.08. The van der Waals surface area contributed by atoms with Crippen molar-refractivity contribution >= 4 is 50.6 Å². The molecule has 0 saturated heterocycles. The molecule has 0 radical (unpaired) electrons. The van der Waals surface area contributed by atoms with Crippen molar-refractivity contribution in [2.45, 2.75) is 13.8 Å². The predicted octanol–water partition coefficient (Wildman–Crippen LogP) is 10.5. The standard InChI is InChI=1S/C32H29N7O/c1-21-20-30(37-38-32-28-8-6-5-7-23(28)9-18-31(32)40)22(2)19-29(21)36-35-25-12-10-24(11-13-25)33-34-26-14-16-27(17-15-26)39(3)4/h5-20,40H,1-4H3. The zero-order chi connectivity index (χ0) is 28.1. The third-order valence-corrected chi connectivity index (χ3v) is 6.42. The van der Waals surface area contributed by atoms with E-state index in [4.69, 9.17) is 0 Å². The maximum atomic E-state index is 10.4. The number of benzene rings is 5. The lowest BCUT2D eigenvalue weighted by atomic mass is 10.1. The monoisotopic (exact) mass is 527 g/mol. The van der Waals surface area contributed by atoms with Crippen LogP contribution in [0, 0.1) is 13.8 Å². The third kappa shape index (κ3) is 6.07. The van der Waals surface area contributed by atoms with Crippen LogP contribution in [0.15, 0.2) is 128 Å². The minimum Gasteiger partial charge on any atom is -0.506 e. The zero-order valence-electron chi connectivity index (χ0n) is 22.8. The van der Waals surface area contributed by atoms with Gasteiger partial charge in [0, 0.05) is 25.2 Å². The van der Waals surface area contributed by atoms with Gasteiger partial charge in [-0.15, -0.1) is 5.11 Å². The molecule has 0 atom stereocenters. The average molecular weight is 528 g/mol. The number of phenols is 1. The summed E-state index contributed by atoms with van der Waals surface area (Å²) < 4.78 is 0. The van der Waals surface area contributed by atoms with Crippen LogP contribution in [0.5, 0.6) is 5.75 Å². The Labute approximate surface area is 233 Å². The lowest BCUT2D eigenvalue weighted by Gasteiger charge is -2.11. The molecule has 0 aromatic heterocycles. The van der Waals surface area contributed by atoms with Gasteiger partial charge >= 0.3 is 0 Å². The normalized spacial score (nSPS) is 11.8. The van der Waals surface area contributed by atoms with Crippen molar-refractivity contribution in [1.29, 1.82) is 0 Å². The molecule has 0 aliphatic rings. The molecule has 0 fully saturated rings. The van der Waals surface area contributed by atoms with E-state index in [-0.39, 0.29) is 5.75 Å². The van der Waals surface area contributed by atoms with E-state index in [1.165, 1.54) is 0 Å². The highest BCUT2D eigenvalue weighted by Crippen LogP contribution is 2.37. The molecule has 8 nitrogen and oxygen atoms in total. The number of rotatable bonds is 7. The molecule has 5 aromatic rings. The molecule has 0 aliphatic carbocycles. The molecule has 198 valence electrons. The van der Waals surface area contributed by atoms with E-state index in [2.05, 4.69) is 30.7 Å². The van der Waals surface area contributed by atoms with Crippen molar-refractivity contribution in [1.82, 2.24) is 0 Å². The Morgan fingerprint density at radius 3 is 1.62 bits per heavy atom. The van der Waals surface area contributed by atoms with Crippen LogP contribution in [0.2, 0.25) is 0 Å². The van der Waals surface area contributed by atoms with E-state index in [9.17, 15) is 5.11 Å². The number of aromatic hydroxyl groups is 1. The van der Waals surface area contributed by atoms with Gasteiger partial charge in [0.2, 0.25) is 0 Å². The quantitative estimate of drug-likeness (QED) is 0.213. The molecule has 0 spiro atoms. The van der Waals surface area contributed by atoms with E-state index >= 15 is 0 Å². The first-order valence-corrected chi connectivity index (χ1v) is 12.8. The van der Waals surface area contributed by atoms with Gasteiger partial charge in [-0.25, -0.2) is 0 Å². The summed E-state index contributed by atoms with van der Waals surface area (Å²) in [6.07, 6.45) is 0. The molecular weight excluding hydrogens is 498 g/mol. The molecule has 0 aliphatic heterocycles. The first-order chi connectivity index (χ1) is 19.4. The van der Waals surface area contributed by atoms with Gasteiger partial charge in [0.1, 0.15) is 11.4 Å². The molecular formula is C32H29N7O. The number of fused-ring (bicyclic) bond motifs is 1. The predicted molar refractivity (Wildman–Crippen MR) is 161 cm³/mol. The van der Waals surface area contributed by atoms with Crippen LogP contribution in [0.25, 0.3) is 10.8 Å². The Morgan fingerprint density at radius 2 is 1.05 bits per heavy atom. The SMILES string of the molecule is Cc1cc(N=Nc2c(O)ccc3ccccc23)c(C)cc1N=Nc1ccc(N=Nc2ccc(N(C)C)cc2)cc1. The summed E-state index contributed by atoms with van der Waals surface area (Å²) in [5.74, 6) is 0.0911. The Balaban J connectivity index is 1.29. The van der Waals surface area contributed by atoms with Crippen molar-refractivity contribution in [3.8, 4) is 5.75 Å². The molecule has 5 rings (SSSR count). The van der Waals surface area contributed by atoms with Crippen molar-refractivity contribution in [3.05, 3.63) is 108 Å². The number of aryl methyl sites for hydroxylation is 2. The van der Waals surface area contributed by atoms with E-state index in [1.54, 1.807) is 6.07 Å². The Bertz CT molecular complexity index is 1740. The van der Waals surface area contributed by atoms with Crippen LogP contribution in [-0.2, 0) is 0 Å². The molecule has 0 saturated carbocycles. The number of hydrogen-bond donors (Lipinski definition) is 1. The molecule has 1 N–H and O–H groups in total. The molecule has 0 heterocycles. The maximum absolute atomic E-state index is 10.4. The Morgan fingerprint density at radius 1 is 0.550 bits per heavy atom. The number of hydrogen-bond acceptors (Lipinski definition) is 8. The highest BCUT2D eigenvalue weighted by Gasteiger charge is 2.08. The lowest BCUT2D eigenvalue weighted by Crippen LogP contribution is -2.07. The minimum absolute atomic E-state index is 0.0911. The van der Waals surface area contributed by atoms with Gasteiger partial charge < -0.3 is 10.0 Å². The van der Waals surface area contributed by atoms with Gasteiger partial charge in [0.15, 0.2) is 0 Å². The summed E-state index contributed by atoms with van der Waals surface area (Å²) in [6, 6.07) is 30.4. The highest BCUT2D eigenvalue weighted by atomic mass is 16.3. The van der Waals surface area contributed by atoms with Crippen molar-refractivity contribution in [2.75, 3.05) is 19.0 Å². The summed E-state index contributed by atoms with van der Waals surface area (Å²) in [7, 11) is 4.00. The molecule has 0 bridgehead atoms. The summed E-state index contributed by atoms with van der Waals surface area (Å²) in [4.78, 5) is 2.04. The highest BCUT2D eigenvalue weighted by molar-refractivity contribution is 5.95. The van der Waals surface area contributed by atoms with Gasteiger partial charge in [0.05, 0.1) is 28.4 Å². The second-order valence-corrected chi connectivity index (χ2v) is 9.61. The van der Waals surface area contributed by atoms with Gasteiger partial charge in [0.25, 0.3) is 0 Å². The van der Waals surface area contributed by atoms with Crippen LogP contribution in [0.1, 0.15) is 11.1 Å². The number of azo groups is 3. The first-order valence-electron chi connectivity index (χ1n) is 12.8. The van der Waals surface area contributed by atoms with Crippen LogP contribution in [-0.4, -0.2) is 19.2 Å². The number of nitrogens with zero attached hydrogens (tertiary/aromatic N) is 7. The molecule has 0 amide bonds. The van der Waals surface area contributed by atoms with Gasteiger partial charge in [-0.05, 0) is 97.1 Å². The van der Waals surface area contributed by atoms with Crippen molar-refractivity contribution < 1.29 is 5.11 Å². The van der Waals surface area contributed by atoms with Crippen LogP contribution >= 0.6 is 0 Å². The van der Waals surface area contributed by atoms with E-state index in [0.29, 0.717) is 17.1 Å². The fraction of sp³-hybridized carbons (Fsp3) is 0.125. The van der Waals surface area contributed by atoms with Gasteiger partial charge in [-0.2, -0.15) is 25.6 Å². The number of phenolic OH excluding ortho intramolecular Hbond substituents is 1. The van der Waals surface area contributed by atoms with Crippen LogP contribution in [0.3, 0.4) is 0 Å². The smallest absolute Gasteiger partial charge is 0.143 e. The average Bonchev–Trinajstić information content (AvgIpc) is 2.97. The molecule has 0 unspecified atom stereocenters. The van der Waals surface area contributed by atoms with Crippen molar-refractivity contribution in [2.24, 2.45) is 30.7 Å². The van der Waals surface area contributed by atoms with Gasteiger partial charge in [-0.1, -0.05) is 30.3 Å². The van der Waals surface area contributed by atoms with E-state index in [0.717, 1.165) is 44.6 Å². The van der Waals surface area contributed by atoms with Crippen LogP contribution < -0.4 is 4.90 Å². The van der Waals surface area contributed by atoms with Gasteiger partial charge in [-0.3, -0.25) is 0 Å². The largest absolute Gasteiger partial charge is 0.506 e.